The van der Waals surface area contributed by atoms with Gasteiger partial charge in [0.2, 0.25) is 0 Å². The first-order chi connectivity index (χ1) is 9.66. The molecule has 1 aromatic heterocycles. The molecule has 7 heteroatoms. The predicted octanol–water partition coefficient (Wildman–Crippen LogP) is 0.732. The molecule has 6 nitrogen and oxygen atoms in total. The number of hydrogen-bond donors (Lipinski definition) is 2. The van der Waals surface area contributed by atoms with E-state index in [1.165, 1.54) is 0 Å². The summed E-state index contributed by atoms with van der Waals surface area (Å²) in [5.74, 6) is -0.113. The Morgan fingerprint density at radius 2 is 2.00 bits per heavy atom. The number of nitrogens with zero attached hydrogens (tertiary/aromatic N) is 3. The van der Waals surface area contributed by atoms with E-state index in [1.807, 2.05) is 0 Å². The third kappa shape index (κ3) is 3.86. The average molecular weight is 289 g/mol. The van der Waals surface area contributed by atoms with Crippen LogP contribution < -0.4 is 11.1 Å². The Balaban J connectivity index is 1.78. The molecular weight excluding hydrogens is 274 g/mol. The summed E-state index contributed by atoms with van der Waals surface area (Å²) in [7, 11) is 0. The fraction of sp³-hybridized carbons (Fsp3) is 0.231. The maximum absolute atomic E-state index is 11.9. The van der Waals surface area contributed by atoms with Gasteiger partial charge in [-0.15, -0.1) is 5.10 Å². The van der Waals surface area contributed by atoms with Crippen LogP contribution in [-0.4, -0.2) is 32.4 Å². The van der Waals surface area contributed by atoms with Gasteiger partial charge in [0.05, 0.1) is 6.20 Å². The summed E-state index contributed by atoms with van der Waals surface area (Å²) < 4.78 is 1.73. The SMILES string of the molecule is NC(=S)c1ccc(C(=O)NCCCn2ccnn2)cc1. The molecule has 104 valence electrons. The molecule has 20 heavy (non-hydrogen) atoms. The zero-order chi connectivity index (χ0) is 14.4. The van der Waals surface area contributed by atoms with Gasteiger partial charge in [-0.2, -0.15) is 0 Å². The molecule has 0 saturated heterocycles. The third-order valence-corrected chi connectivity index (χ3v) is 2.99. The van der Waals surface area contributed by atoms with Gasteiger partial charge in [0.1, 0.15) is 4.99 Å². The number of carbonyl (C=O) groups is 1. The number of thiocarbonyl (C=S) groups is 1. The van der Waals surface area contributed by atoms with E-state index < -0.39 is 0 Å². The Labute approximate surface area is 122 Å². The van der Waals surface area contributed by atoms with Gasteiger partial charge in [-0.3, -0.25) is 9.48 Å². The van der Waals surface area contributed by atoms with Crippen LogP contribution in [0.25, 0.3) is 0 Å². The van der Waals surface area contributed by atoms with Gasteiger partial charge in [-0.1, -0.05) is 29.6 Å². The molecule has 3 N–H and O–H groups in total. The van der Waals surface area contributed by atoms with Gasteiger partial charge >= 0.3 is 0 Å². The Morgan fingerprint density at radius 1 is 1.30 bits per heavy atom. The second kappa shape index (κ2) is 6.76. The lowest BCUT2D eigenvalue weighted by Crippen LogP contribution is -2.25. The highest BCUT2D eigenvalue weighted by molar-refractivity contribution is 7.80. The van der Waals surface area contributed by atoms with E-state index >= 15 is 0 Å². The smallest absolute Gasteiger partial charge is 0.251 e. The number of nitrogens with one attached hydrogen (secondary N) is 1. The van der Waals surface area contributed by atoms with Crippen LogP contribution in [-0.2, 0) is 6.54 Å². The van der Waals surface area contributed by atoms with Gasteiger partial charge < -0.3 is 11.1 Å². The molecule has 0 aliphatic heterocycles. The van der Waals surface area contributed by atoms with Crippen molar-refractivity contribution in [2.24, 2.45) is 5.73 Å². The molecule has 0 bridgehead atoms. The van der Waals surface area contributed by atoms with Crippen LogP contribution in [0.1, 0.15) is 22.3 Å². The van der Waals surface area contributed by atoms with Crippen molar-refractivity contribution >= 4 is 23.1 Å². The molecule has 0 fully saturated rings. The molecule has 0 atom stereocenters. The van der Waals surface area contributed by atoms with Crippen molar-refractivity contribution in [3.63, 3.8) is 0 Å². The second-order valence-electron chi connectivity index (χ2n) is 4.22. The normalized spacial score (nSPS) is 10.2. The number of rotatable bonds is 6. The number of benzene rings is 1. The third-order valence-electron chi connectivity index (χ3n) is 2.75. The van der Waals surface area contributed by atoms with Gasteiger partial charge in [-0.05, 0) is 18.6 Å². The number of carbonyl (C=O) groups excluding carboxylic acids is 1. The minimum atomic E-state index is -0.113. The van der Waals surface area contributed by atoms with Crippen molar-refractivity contribution in [1.29, 1.82) is 0 Å². The molecule has 0 aliphatic carbocycles. The van der Waals surface area contributed by atoms with E-state index in [4.69, 9.17) is 18.0 Å². The van der Waals surface area contributed by atoms with Crippen LogP contribution in [0.3, 0.4) is 0 Å². The molecule has 0 saturated carbocycles. The summed E-state index contributed by atoms with van der Waals surface area (Å²) in [4.78, 5) is 12.2. The molecule has 1 amide bonds. The quantitative estimate of drug-likeness (QED) is 0.605. The van der Waals surface area contributed by atoms with E-state index in [1.54, 1.807) is 41.3 Å². The molecule has 2 rings (SSSR count). The Hall–Kier alpha value is -2.28. The summed E-state index contributed by atoms with van der Waals surface area (Å²) in [6.45, 7) is 1.30. The van der Waals surface area contributed by atoms with Crippen molar-refractivity contribution in [1.82, 2.24) is 20.3 Å². The predicted molar refractivity (Wildman–Crippen MR) is 79.3 cm³/mol. The van der Waals surface area contributed by atoms with E-state index in [0.717, 1.165) is 18.5 Å². The van der Waals surface area contributed by atoms with Crippen molar-refractivity contribution in [2.45, 2.75) is 13.0 Å². The zero-order valence-corrected chi connectivity index (χ0v) is 11.6. The number of aromatic nitrogens is 3. The molecular formula is C13H15N5OS. The average Bonchev–Trinajstić information content (AvgIpc) is 2.96. The number of hydrogen-bond acceptors (Lipinski definition) is 4. The van der Waals surface area contributed by atoms with Gasteiger partial charge in [0.15, 0.2) is 0 Å². The number of amides is 1. The molecule has 0 spiro atoms. The van der Waals surface area contributed by atoms with E-state index in [-0.39, 0.29) is 5.91 Å². The summed E-state index contributed by atoms with van der Waals surface area (Å²) in [5, 5.41) is 10.4. The standard InChI is InChI=1S/C13H15N5OS/c14-12(20)10-2-4-11(5-3-10)13(19)15-6-1-8-18-9-7-16-17-18/h2-5,7,9H,1,6,8H2,(H2,14,20)(H,15,19). The van der Waals surface area contributed by atoms with Crippen LogP contribution in [0, 0.1) is 0 Å². The summed E-state index contributed by atoms with van der Waals surface area (Å²) in [5.41, 5.74) is 6.84. The van der Waals surface area contributed by atoms with Gasteiger partial charge in [0, 0.05) is 30.4 Å². The van der Waals surface area contributed by atoms with Crippen molar-refractivity contribution < 1.29 is 4.79 Å². The summed E-state index contributed by atoms with van der Waals surface area (Å²) in [6, 6.07) is 6.90. The zero-order valence-electron chi connectivity index (χ0n) is 10.8. The summed E-state index contributed by atoms with van der Waals surface area (Å²) in [6.07, 6.45) is 4.21. The number of nitrogens with two attached hydrogens (primary N) is 1. The Bertz CT molecular complexity index is 579. The number of aryl methyl sites for hydroxylation is 1. The van der Waals surface area contributed by atoms with E-state index in [2.05, 4.69) is 15.6 Å². The molecule has 1 aromatic carbocycles. The minimum absolute atomic E-state index is 0.113. The molecule has 0 radical (unpaired) electrons. The van der Waals surface area contributed by atoms with Gasteiger partial charge in [-0.25, -0.2) is 0 Å². The lowest BCUT2D eigenvalue weighted by Gasteiger charge is -2.06. The van der Waals surface area contributed by atoms with Crippen LogP contribution in [0.4, 0.5) is 0 Å². The highest BCUT2D eigenvalue weighted by Gasteiger charge is 2.05. The van der Waals surface area contributed by atoms with Crippen molar-refractivity contribution in [3.05, 3.63) is 47.8 Å². The summed E-state index contributed by atoms with van der Waals surface area (Å²) >= 11 is 4.86. The first-order valence-corrected chi connectivity index (χ1v) is 6.60. The highest BCUT2D eigenvalue weighted by Crippen LogP contribution is 2.04. The van der Waals surface area contributed by atoms with E-state index in [0.29, 0.717) is 17.1 Å². The topological polar surface area (TPSA) is 85.8 Å². The van der Waals surface area contributed by atoms with Crippen LogP contribution >= 0.6 is 12.2 Å². The van der Waals surface area contributed by atoms with Crippen molar-refractivity contribution in [3.8, 4) is 0 Å². The second-order valence-corrected chi connectivity index (χ2v) is 4.66. The highest BCUT2D eigenvalue weighted by atomic mass is 32.1. The monoisotopic (exact) mass is 289 g/mol. The van der Waals surface area contributed by atoms with Crippen LogP contribution in [0.5, 0.6) is 0 Å². The molecule has 0 aliphatic rings. The van der Waals surface area contributed by atoms with Crippen LogP contribution in [0.15, 0.2) is 36.7 Å². The Morgan fingerprint density at radius 3 is 2.60 bits per heavy atom. The fourth-order valence-corrected chi connectivity index (χ4v) is 1.82. The lowest BCUT2D eigenvalue weighted by atomic mass is 10.1. The van der Waals surface area contributed by atoms with Crippen molar-refractivity contribution in [2.75, 3.05) is 6.54 Å². The van der Waals surface area contributed by atoms with Crippen LogP contribution in [0.2, 0.25) is 0 Å². The fourth-order valence-electron chi connectivity index (χ4n) is 1.68. The minimum Gasteiger partial charge on any atom is -0.389 e. The first-order valence-electron chi connectivity index (χ1n) is 6.19. The maximum Gasteiger partial charge on any atom is 0.251 e. The lowest BCUT2D eigenvalue weighted by molar-refractivity contribution is 0.0952. The first kappa shape index (κ1) is 14.1. The molecule has 0 unspecified atom stereocenters. The maximum atomic E-state index is 11.9. The molecule has 1 heterocycles. The van der Waals surface area contributed by atoms with E-state index in [9.17, 15) is 4.79 Å². The van der Waals surface area contributed by atoms with Gasteiger partial charge in [0.25, 0.3) is 5.91 Å². The molecule has 2 aromatic rings. The largest absolute Gasteiger partial charge is 0.389 e. The Kier molecular flexibility index (Phi) is 4.78.